The molecule has 0 aliphatic carbocycles. The van der Waals surface area contributed by atoms with E-state index in [-0.39, 0.29) is 0 Å². The monoisotopic (exact) mass is 448 g/mol. The highest BCUT2D eigenvalue weighted by Gasteiger charge is 2.25. The van der Waals surface area contributed by atoms with Gasteiger partial charge in [0.05, 0.1) is 27.2 Å². The Balaban J connectivity index is 1.80. The fraction of sp³-hybridized carbons (Fsp3) is 0.300. The number of fused-ring (bicyclic) bond motifs is 3. The van der Waals surface area contributed by atoms with Crippen molar-refractivity contribution in [2.75, 3.05) is 39.6 Å². The van der Waals surface area contributed by atoms with E-state index >= 15 is 0 Å². The highest BCUT2D eigenvalue weighted by Crippen LogP contribution is 2.44. The maximum Gasteiger partial charge on any atom is 0.181 e. The minimum Gasteiger partial charge on any atom is -0.485 e. The molecule has 0 bridgehead atoms. The van der Waals surface area contributed by atoms with Crippen molar-refractivity contribution < 1.29 is 28.4 Å². The number of ether oxygens (including phenoxy) is 6. The maximum absolute atomic E-state index is 6.05. The second-order valence-electron chi connectivity index (χ2n) is 6.53. The molecule has 3 aliphatic rings. The maximum atomic E-state index is 6.05. The molecule has 0 atom stereocenters. The van der Waals surface area contributed by atoms with Crippen molar-refractivity contribution >= 4 is 47.2 Å². The summed E-state index contributed by atoms with van der Waals surface area (Å²) in [5, 5.41) is 0. The van der Waals surface area contributed by atoms with Gasteiger partial charge in [0.1, 0.15) is 39.6 Å². The molecule has 0 aromatic carbocycles. The van der Waals surface area contributed by atoms with Crippen LogP contribution in [0.3, 0.4) is 0 Å². The molecule has 0 N–H and O–H groups in total. The van der Waals surface area contributed by atoms with E-state index in [0.29, 0.717) is 39.6 Å². The van der Waals surface area contributed by atoms with E-state index < -0.39 is 0 Å². The Kier molecular flexibility index (Phi) is 3.97. The van der Waals surface area contributed by atoms with E-state index in [2.05, 4.69) is 13.2 Å². The number of rotatable bonds is 0. The third-order valence-electron chi connectivity index (χ3n) is 4.75. The summed E-state index contributed by atoms with van der Waals surface area (Å²) in [5.41, 5.74) is 0. The van der Waals surface area contributed by atoms with Gasteiger partial charge in [-0.15, -0.1) is 34.0 Å². The van der Waals surface area contributed by atoms with E-state index in [9.17, 15) is 0 Å². The van der Waals surface area contributed by atoms with Gasteiger partial charge in [0.2, 0.25) is 0 Å². The van der Waals surface area contributed by atoms with Crippen LogP contribution >= 0.6 is 34.0 Å². The fourth-order valence-electron chi connectivity index (χ4n) is 3.57. The van der Waals surface area contributed by atoms with Crippen LogP contribution in [0.2, 0.25) is 0 Å². The van der Waals surface area contributed by atoms with Gasteiger partial charge in [-0.2, -0.15) is 0 Å². The predicted octanol–water partition coefficient (Wildman–Crippen LogP) is 2.58. The molecule has 9 heteroatoms. The summed E-state index contributed by atoms with van der Waals surface area (Å²) in [6.45, 7) is 11.3. The van der Waals surface area contributed by atoms with Crippen molar-refractivity contribution in [3.05, 3.63) is 27.2 Å². The first-order chi connectivity index (χ1) is 14.2. The van der Waals surface area contributed by atoms with Crippen molar-refractivity contribution in [3.63, 3.8) is 0 Å². The van der Waals surface area contributed by atoms with E-state index in [1.807, 2.05) is 0 Å². The molecular formula is C20H16O6S3. The SMILES string of the molecule is C=c1s/c(=c2/s/c(=c3/sc(=C)c4c3OCCO4)c3c2OCCO3)c2c1OCCO2. The Labute approximate surface area is 176 Å². The van der Waals surface area contributed by atoms with Gasteiger partial charge in [-0.3, -0.25) is 0 Å². The summed E-state index contributed by atoms with van der Waals surface area (Å²) in [6, 6.07) is 0. The van der Waals surface area contributed by atoms with Crippen LogP contribution in [0.15, 0.2) is 0 Å². The van der Waals surface area contributed by atoms with Crippen LogP contribution in [-0.4, -0.2) is 39.6 Å². The standard InChI is InChI=1S/C20H16O6S3/c1-9-11-13(23-5-3-21-11)17(27-9)19-15-16(26-8-7-25-15)20(29-19)18-14-12(10(2)28-18)22-4-6-24-14/h1-8H2/b19-17+,20-18+. The van der Waals surface area contributed by atoms with Crippen LogP contribution in [-0.2, 0) is 0 Å². The summed E-state index contributed by atoms with van der Waals surface area (Å²) in [4.78, 5) is 0. The average Bonchev–Trinajstić information content (AvgIpc) is 3.41. The molecule has 0 spiro atoms. The van der Waals surface area contributed by atoms with E-state index in [0.717, 1.165) is 61.7 Å². The Morgan fingerprint density at radius 3 is 1.07 bits per heavy atom. The average molecular weight is 449 g/mol. The van der Waals surface area contributed by atoms with Crippen LogP contribution in [0, 0.1) is 18.1 Å². The molecule has 150 valence electrons. The lowest BCUT2D eigenvalue weighted by Gasteiger charge is -2.16. The van der Waals surface area contributed by atoms with Crippen molar-refractivity contribution in [2.45, 2.75) is 0 Å². The second kappa shape index (κ2) is 6.58. The lowest BCUT2D eigenvalue weighted by atomic mass is 10.3. The summed E-state index contributed by atoms with van der Waals surface area (Å²) in [5.74, 6) is 4.39. The third kappa shape index (κ3) is 2.57. The second-order valence-corrected chi connectivity index (χ2v) is 9.77. The van der Waals surface area contributed by atoms with Gasteiger partial charge in [-0.25, -0.2) is 0 Å². The summed E-state index contributed by atoms with van der Waals surface area (Å²) in [6.07, 6.45) is 0. The number of thiophene rings is 3. The Morgan fingerprint density at radius 2 is 0.690 bits per heavy atom. The molecule has 6 nitrogen and oxygen atoms in total. The molecule has 0 fully saturated rings. The fourth-order valence-corrected chi connectivity index (χ4v) is 6.97. The molecule has 6 heterocycles. The highest BCUT2D eigenvalue weighted by atomic mass is 32.1. The zero-order valence-electron chi connectivity index (χ0n) is 15.3. The van der Waals surface area contributed by atoms with Gasteiger partial charge in [0.25, 0.3) is 0 Å². The number of hydrogen-bond donors (Lipinski definition) is 0. The van der Waals surface area contributed by atoms with E-state index in [1.54, 1.807) is 34.0 Å². The van der Waals surface area contributed by atoms with Gasteiger partial charge in [0.15, 0.2) is 34.5 Å². The Morgan fingerprint density at radius 1 is 0.414 bits per heavy atom. The van der Waals surface area contributed by atoms with Crippen molar-refractivity contribution in [3.8, 4) is 34.5 Å². The van der Waals surface area contributed by atoms with Gasteiger partial charge < -0.3 is 28.4 Å². The molecule has 3 aromatic heterocycles. The first-order valence-electron chi connectivity index (χ1n) is 9.14. The van der Waals surface area contributed by atoms with Crippen LogP contribution in [0.5, 0.6) is 34.5 Å². The zero-order chi connectivity index (χ0) is 19.5. The quantitative estimate of drug-likeness (QED) is 0.527. The highest BCUT2D eigenvalue weighted by molar-refractivity contribution is 7.13. The number of hydrogen-bond acceptors (Lipinski definition) is 9. The Hall–Kier alpha value is -2.36. The normalized spacial score (nSPS) is 19.2. The third-order valence-corrected chi connectivity index (χ3v) is 8.24. The molecule has 29 heavy (non-hydrogen) atoms. The molecule has 0 amide bonds. The van der Waals surface area contributed by atoms with E-state index in [1.165, 1.54) is 0 Å². The van der Waals surface area contributed by atoms with Crippen LogP contribution < -0.4 is 37.5 Å². The first-order valence-corrected chi connectivity index (χ1v) is 11.6. The predicted molar refractivity (Wildman–Crippen MR) is 112 cm³/mol. The molecule has 3 aromatic rings. The minimum atomic E-state index is 0.501. The van der Waals surface area contributed by atoms with Crippen molar-refractivity contribution in [2.24, 2.45) is 0 Å². The summed E-state index contributed by atoms with van der Waals surface area (Å²) < 4.78 is 41.1. The zero-order valence-corrected chi connectivity index (χ0v) is 17.8. The van der Waals surface area contributed by atoms with Gasteiger partial charge in [0, 0.05) is 0 Å². The smallest absolute Gasteiger partial charge is 0.181 e. The van der Waals surface area contributed by atoms with Gasteiger partial charge in [-0.05, 0) is 0 Å². The minimum absolute atomic E-state index is 0.501. The summed E-state index contributed by atoms with van der Waals surface area (Å²) in [7, 11) is 0. The van der Waals surface area contributed by atoms with Crippen molar-refractivity contribution in [1.29, 1.82) is 0 Å². The lowest BCUT2D eigenvalue weighted by molar-refractivity contribution is 0.168. The Bertz CT molecular complexity index is 1310. The largest absolute Gasteiger partial charge is 0.485 e. The van der Waals surface area contributed by atoms with Crippen LogP contribution in [0.1, 0.15) is 0 Å². The van der Waals surface area contributed by atoms with Crippen LogP contribution in [0.25, 0.3) is 13.2 Å². The topological polar surface area (TPSA) is 55.4 Å². The molecule has 0 radical (unpaired) electrons. The van der Waals surface area contributed by atoms with Crippen molar-refractivity contribution in [1.82, 2.24) is 0 Å². The first kappa shape index (κ1) is 17.5. The molecule has 0 saturated heterocycles. The molecule has 0 saturated carbocycles. The molecule has 3 aliphatic heterocycles. The molecule has 6 rings (SSSR count). The van der Waals surface area contributed by atoms with E-state index in [4.69, 9.17) is 28.4 Å². The summed E-state index contributed by atoms with van der Waals surface area (Å²) >= 11 is 4.69. The molecule has 0 unspecified atom stereocenters. The van der Waals surface area contributed by atoms with Gasteiger partial charge >= 0.3 is 0 Å². The van der Waals surface area contributed by atoms with Crippen LogP contribution in [0.4, 0.5) is 0 Å². The molecular weight excluding hydrogens is 432 g/mol. The lowest BCUT2D eigenvalue weighted by Crippen LogP contribution is -2.17. The van der Waals surface area contributed by atoms with Gasteiger partial charge in [-0.1, -0.05) is 13.2 Å².